The molecule has 6 nitrogen and oxygen atoms in total. The Morgan fingerprint density at radius 1 is 1.13 bits per heavy atom. The first-order valence-corrected chi connectivity index (χ1v) is 10.9. The number of benzene rings is 2. The largest absolute Gasteiger partial charge is 0.319 e. The molecular weight excluding hydrogens is 421 g/mol. The molecule has 31 heavy (non-hydrogen) atoms. The lowest BCUT2D eigenvalue weighted by Crippen LogP contribution is -3.19. The van der Waals surface area contributed by atoms with Crippen LogP contribution in [0.3, 0.4) is 0 Å². The summed E-state index contributed by atoms with van der Waals surface area (Å²) >= 11 is 6.31. The summed E-state index contributed by atoms with van der Waals surface area (Å²) < 4.78 is 13.4. The van der Waals surface area contributed by atoms with Crippen LogP contribution >= 0.6 is 11.6 Å². The Morgan fingerprint density at radius 2 is 1.87 bits per heavy atom. The Bertz CT molecular complexity index is 1180. The molecule has 4 aliphatic heterocycles. The zero-order valence-electron chi connectivity index (χ0n) is 16.7. The van der Waals surface area contributed by atoms with Gasteiger partial charge in [0.25, 0.3) is 5.91 Å². The van der Waals surface area contributed by atoms with E-state index in [1.165, 1.54) is 24.3 Å². The zero-order valence-corrected chi connectivity index (χ0v) is 17.5. The van der Waals surface area contributed by atoms with Crippen LogP contribution in [0.1, 0.15) is 24.0 Å². The first kappa shape index (κ1) is 19.0. The van der Waals surface area contributed by atoms with Crippen LogP contribution in [0.5, 0.6) is 0 Å². The van der Waals surface area contributed by atoms with E-state index in [2.05, 4.69) is 5.32 Å². The number of nitrogens with zero attached hydrogens (tertiary/aromatic N) is 1. The van der Waals surface area contributed by atoms with Gasteiger partial charge in [-0.25, -0.2) is 9.29 Å². The summed E-state index contributed by atoms with van der Waals surface area (Å²) in [5.41, 5.74) is 1.34. The molecule has 1 spiro atoms. The van der Waals surface area contributed by atoms with Gasteiger partial charge in [0.2, 0.25) is 17.4 Å². The summed E-state index contributed by atoms with van der Waals surface area (Å²) in [5.74, 6) is -2.75. The molecule has 2 N–H and O–H groups in total. The fourth-order valence-electron chi connectivity index (χ4n) is 6.49. The van der Waals surface area contributed by atoms with Crippen molar-refractivity contribution >= 4 is 40.7 Å². The summed E-state index contributed by atoms with van der Waals surface area (Å²) in [4.78, 5) is 43.1. The number of fused-ring (bicyclic) bond motifs is 7. The lowest BCUT2D eigenvalue weighted by atomic mass is 9.75. The van der Waals surface area contributed by atoms with E-state index < -0.39 is 23.2 Å². The minimum atomic E-state index is -1.15. The number of anilines is 2. The van der Waals surface area contributed by atoms with Crippen LogP contribution in [-0.2, 0) is 19.9 Å². The molecule has 3 saturated heterocycles. The number of amides is 3. The fourth-order valence-corrected chi connectivity index (χ4v) is 6.65. The van der Waals surface area contributed by atoms with Crippen molar-refractivity contribution in [2.75, 3.05) is 16.8 Å². The van der Waals surface area contributed by atoms with Crippen molar-refractivity contribution in [3.63, 3.8) is 0 Å². The number of imide groups is 1. The van der Waals surface area contributed by atoms with Crippen LogP contribution < -0.4 is 15.1 Å². The minimum absolute atomic E-state index is 0.111. The van der Waals surface area contributed by atoms with Crippen molar-refractivity contribution in [3.8, 4) is 0 Å². The number of carbonyl (C=O) groups is 3. The number of rotatable bonds is 1. The van der Waals surface area contributed by atoms with Gasteiger partial charge in [-0.2, -0.15) is 0 Å². The average Bonchev–Trinajstić information content (AvgIpc) is 3.45. The predicted molar refractivity (Wildman–Crippen MR) is 111 cm³/mol. The molecule has 0 saturated carbocycles. The van der Waals surface area contributed by atoms with Crippen molar-refractivity contribution in [3.05, 3.63) is 58.4 Å². The van der Waals surface area contributed by atoms with E-state index in [0.29, 0.717) is 16.4 Å². The van der Waals surface area contributed by atoms with Gasteiger partial charge in [0.1, 0.15) is 23.7 Å². The second kappa shape index (κ2) is 6.14. The number of nitrogens with one attached hydrogen (secondary N) is 2. The Balaban J connectivity index is 1.56. The Labute approximate surface area is 183 Å². The molecule has 0 aliphatic carbocycles. The highest BCUT2D eigenvalue weighted by atomic mass is 35.5. The summed E-state index contributed by atoms with van der Waals surface area (Å²) in [7, 11) is 0. The zero-order chi connectivity index (χ0) is 21.7. The maximum absolute atomic E-state index is 13.8. The van der Waals surface area contributed by atoms with Gasteiger partial charge in [0.15, 0.2) is 0 Å². The lowest BCUT2D eigenvalue weighted by Gasteiger charge is -2.33. The van der Waals surface area contributed by atoms with E-state index in [1.807, 2.05) is 13.0 Å². The molecule has 3 fully saturated rings. The molecule has 4 heterocycles. The summed E-state index contributed by atoms with van der Waals surface area (Å²) in [6.07, 6.45) is 1.67. The van der Waals surface area contributed by atoms with Crippen LogP contribution in [0.2, 0.25) is 5.02 Å². The van der Waals surface area contributed by atoms with Crippen LogP contribution in [0.15, 0.2) is 36.4 Å². The van der Waals surface area contributed by atoms with Gasteiger partial charge in [-0.15, -0.1) is 0 Å². The van der Waals surface area contributed by atoms with Gasteiger partial charge in [0, 0.05) is 23.4 Å². The van der Waals surface area contributed by atoms with Crippen LogP contribution in [0.4, 0.5) is 15.8 Å². The van der Waals surface area contributed by atoms with Crippen LogP contribution in [0.25, 0.3) is 0 Å². The molecule has 4 aliphatic rings. The maximum atomic E-state index is 13.8. The van der Waals surface area contributed by atoms with Gasteiger partial charge in [-0.05, 0) is 48.9 Å². The third-order valence-corrected chi connectivity index (χ3v) is 8.08. The highest BCUT2D eigenvalue weighted by molar-refractivity contribution is 6.32. The Morgan fingerprint density at radius 3 is 2.61 bits per heavy atom. The molecule has 3 amide bonds. The molecule has 0 radical (unpaired) electrons. The monoisotopic (exact) mass is 440 g/mol. The standard InChI is InChI=1S/C23H19ClFN3O3/c1-11-15(24)9-8-14-19(11)26-22(31)23(14)18-17(16-3-2-10-27(16)23)20(29)28(21(18)30)13-6-4-12(25)5-7-13/h4-9,16-18H,2-3,10H2,1H3,(H,26,31)/p+1/t16-,17+,18-,23-/m0/s1. The number of quaternary nitrogens is 1. The second-order valence-electron chi connectivity index (χ2n) is 8.87. The SMILES string of the molecule is Cc1c(Cl)ccc2c1NC(=O)[C@@]21[C@@H]2C(=O)N(c3ccc(F)cc3)C(=O)[C@@H]2[C@@H]2CCC[NH+]21. The van der Waals surface area contributed by atoms with E-state index in [9.17, 15) is 18.8 Å². The number of carbonyl (C=O) groups excluding carboxylic acids is 3. The number of hydrogen-bond acceptors (Lipinski definition) is 3. The fraction of sp³-hybridized carbons (Fsp3) is 0.348. The molecule has 6 rings (SSSR count). The molecule has 0 aromatic heterocycles. The second-order valence-corrected chi connectivity index (χ2v) is 9.28. The van der Waals surface area contributed by atoms with Gasteiger partial charge in [-0.1, -0.05) is 11.6 Å². The van der Waals surface area contributed by atoms with Crippen molar-refractivity contribution in [2.45, 2.75) is 31.3 Å². The minimum Gasteiger partial charge on any atom is -0.319 e. The van der Waals surface area contributed by atoms with Gasteiger partial charge >= 0.3 is 0 Å². The topological polar surface area (TPSA) is 70.9 Å². The maximum Gasteiger partial charge on any atom is 0.291 e. The van der Waals surface area contributed by atoms with Crippen molar-refractivity contribution in [1.29, 1.82) is 0 Å². The summed E-state index contributed by atoms with van der Waals surface area (Å²) in [6.45, 7) is 2.57. The molecule has 8 heteroatoms. The van der Waals surface area contributed by atoms with E-state index in [1.54, 1.807) is 6.07 Å². The first-order valence-electron chi connectivity index (χ1n) is 10.5. The van der Waals surface area contributed by atoms with Crippen molar-refractivity contribution in [2.24, 2.45) is 11.8 Å². The van der Waals surface area contributed by atoms with E-state index >= 15 is 0 Å². The molecule has 0 bridgehead atoms. The van der Waals surface area contributed by atoms with Gasteiger partial charge in [0.05, 0.1) is 17.9 Å². The molecule has 158 valence electrons. The summed E-state index contributed by atoms with van der Waals surface area (Å²) in [6, 6.07) is 8.81. The number of hydrogen-bond donors (Lipinski definition) is 2. The average molecular weight is 441 g/mol. The van der Waals surface area contributed by atoms with E-state index in [-0.39, 0.29) is 23.8 Å². The number of halogens is 2. The molecular formula is C23H20ClFN3O3+. The van der Waals surface area contributed by atoms with E-state index in [4.69, 9.17) is 11.6 Å². The quantitative estimate of drug-likeness (QED) is 0.664. The van der Waals surface area contributed by atoms with E-state index in [0.717, 1.165) is 40.3 Å². The van der Waals surface area contributed by atoms with Crippen molar-refractivity contribution in [1.82, 2.24) is 0 Å². The lowest BCUT2D eigenvalue weighted by molar-refractivity contribution is -0.948. The highest BCUT2D eigenvalue weighted by Gasteiger charge is 2.78. The van der Waals surface area contributed by atoms with Crippen LogP contribution in [0, 0.1) is 24.6 Å². The molecule has 2 aromatic carbocycles. The van der Waals surface area contributed by atoms with Crippen molar-refractivity contribution < 1.29 is 23.7 Å². The van der Waals surface area contributed by atoms with Gasteiger partial charge in [-0.3, -0.25) is 14.4 Å². The molecule has 2 aromatic rings. The van der Waals surface area contributed by atoms with Crippen LogP contribution in [-0.4, -0.2) is 30.3 Å². The Hall–Kier alpha value is -2.77. The third-order valence-electron chi connectivity index (χ3n) is 7.67. The Kier molecular flexibility index (Phi) is 3.76. The predicted octanol–water partition coefficient (Wildman–Crippen LogP) is 1.80. The first-order chi connectivity index (χ1) is 14.9. The molecule has 5 atom stereocenters. The highest BCUT2D eigenvalue weighted by Crippen LogP contribution is 2.53. The normalized spacial score (nSPS) is 33.1. The smallest absolute Gasteiger partial charge is 0.291 e. The molecule has 1 unspecified atom stereocenters. The summed E-state index contributed by atoms with van der Waals surface area (Å²) in [5, 5.41) is 3.53. The van der Waals surface area contributed by atoms with Gasteiger partial charge < -0.3 is 10.2 Å². The third kappa shape index (κ3) is 2.13.